The first-order chi connectivity index (χ1) is 17.7. The van der Waals surface area contributed by atoms with Crippen molar-refractivity contribution < 1.29 is 18.9 Å². The predicted octanol–water partition coefficient (Wildman–Crippen LogP) is 5.12. The normalized spacial score (nSPS) is 18.4. The summed E-state index contributed by atoms with van der Waals surface area (Å²) in [7, 11) is 0. The van der Waals surface area contributed by atoms with Gasteiger partial charge in [-0.1, -0.05) is 38.1 Å². The van der Waals surface area contributed by atoms with Gasteiger partial charge in [0.15, 0.2) is 5.78 Å². The molecule has 1 amide bonds. The van der Waals surface area contributed by atoms with E-state index in [4.69, 9.17) is 4.42 Å². The molecule has 0 saturated heterocycles. The molecule has 1 aromatic heterocycles. The lowest BCUT2D eigenvalue weighted by Gasteiger charge is -2.37. The number of non-ortho nitro benzene ring substituents is 1. The summed E-state index contributed by atoms with van der Waals surface area (Å²) in [5, 5.41) is 18.0. The number of nitrogens with zero attached hydrogens (tertiary/aromatic N) is 2. The number of rotatable bonds is 6. The van der Waals surface area contributed by atoms with E-state index in [1.165, 1.54) is 12.1 Å². The number of allylic oxidation sites excluding steroid dienone is 1. The number of nitrogens with one attached hydrogen (secondary N) is 2. The molecule has 1 unspecified atom stereocenters. The molecule has 190 valence electrons. The third kappa shape index (κ3) is 4.97. The average molecular weight is 501 g/mol. The van der Waals surface area contributed by atoms with Gasteiger partial charge in [-0.15, -0.1) is 0 Å². The molecule has 1 aliphatic carbocycles. The van der Waals surface area contributed by atoms with Crippen molar-refractivity contribution in [3.05, 3.63) is 99.6 Å². The minimum Gasteiger partial charge on any atom is -0.467 e. The molecular formula is C28H28N4O5. The Morgan fingerprint density at radius 1 is 1.16 bits per heavy atom. The smallest absolute Gasteiger partial charge is 0.269 e. The van der Waals surface area contributed by atoms with Crippen LogP contribution in [-0.2, 0) is 16.1 Å². The van der Waals surface area contributed by atoms with Crippen molar-refractivity contribution in [2.75, 3.05) is 16.8 Å². The van der Waals surface area contributed by atoms with E-state index < -0.39 is 11.0 Å². The molecule has 0 fully saturated rings. The number of amides is 1. The van der Waals surface area contributed by atoms with Crippen LogP contribution in [0.4, 0.5) is 17.1 Å². The minimum atomic E-state index is -0.691. The average Bonchev–Trinajstić information content (AvgIpc) is 3.33. The summed E-state index contributed by atoms with van der Waals surface area (Å²) < 4.78 is 5.33. The highest BCUT2D eigenvalue weighted by atomic mass is 16.6. The number of carbonyl (C=O) groups is 2. The number of hydrogen-bond donors (Lipinski definition) is 2. The van der Waals surface area contributed by atoms with E-state index in [-0.39, 0.29) is 35.9 Å². The van der Waals surface area contributed by atoms with Gasteiger partial charge in [0.05, 0.1) is 41.7 Å². The van der Waals surface area contributed by atoms with Crippen molar-refractivity contribution in [2.45, 2.75) is 39.3 Å². The summed E-state index contributed by atoms with van der Waals surface area (Å²) in [6.45, 7) is 4.26. The van der Waals surface area contributed by atoms with Crippen LogP contribution in [0.3, 0.4) is 0 Å². The molecule has 37 heavy (non-hydrogen) atoms. The first-order valence-corrected chi connectivity index (χ1v) is 12.1. The summed E-state index contributed by atoms with van der Waals surface area (Å²) in [6.07, 6.45) is 2.51. The van der Waals surface area contributed by atoms with E-state index in [1.807, 2.05) is 29.2 Å². The Morgan fingerprint density at radius 3 is 2.73 bits per heavy atom. The van der Waals surface area contributed by atoms with Crippen LogP contribution in [0.1, 0.15) is 44.1 Å². The Kier molecular flexibility index (Phi) is 6.29. The van der Waals surface area contributed by atoms with Crippen LogP contribution in [-0.4, -0.2) is 23.2 Å². The van der Waals surface area contributed by atoms with Crippen LogP contribution >= 0.6 is 0 Å². The fourth-order valence-electron chi connectivity index (χ4n) is 5.19. The molecule has 2 aromatic carbocycles. The van der Waals surface area contributed by atoms with Crippen molar-refractivity contribution >= 4 is 28.8 Å². The Bertz CT molecular complexity index is 1390. The molecule has 2 aliphatic rings. The van der Waals surface area contributed by atoms with Gasteiger partial charge in [0.1, 0.15) is 5.76 Å². The number of hydrogen-bond acceptors (Lipinski definition) is 7. The van der Waals surface area contributed by atoms with Gasteiger partial charge >= 0.3 is 0 Å². The standard InChI is InChI=1S/C28H28N4O5/c1-28(2)14-22-26(24(33)15-28)27(18-7-5-8-19(13-18)32(35)36)31(23-11-4-3-10-21(23)30-22)17-25(34)29-16-20-9-6-12-37-20/h3-13,27,30H,14-17H2,1-2H3,(H,29,34). The topological polar surface area (TPSA) is 118 Å². The lowest BCUT2D eigenvalue weighted by molar-refractivity contribution is -0.384. The highest BCUT2D eigenvalue weighted by molar-refractivity contribution is 6.02. The fourth-order valence-corrected chi connectivity index (χ4v) is 5.19. The molecule has 0 bridgehead atoms. The first kappa shape index (κ1) is 24.3. The van der Waals surface area contributed by atoms with Crippen molar-refractivity contribution in [3.63, 3.8) is 0 Å². The predicted molar refractivity (Wildman–Crippen MR) is 139 cm³/mol. The molecule has 2 heterocycles. The molecule has 5 rings (SSSR count). The Morgan fingerprint density at radius 2 is 1.97 bits per heavy atom. The lowest BCUT2D eigenvalue weighted by atomic mass is 9.73. The maximum atomic E-state index is 13.7. The van der Waals surface area contributed by atoms with Crippen molar-refractivity contribution in [2.24, 2.45) is 5.41 Å². The Hall–Kier alpha value is -4.40. The minimum absolute atomic E-state index is 0.0379. The zero-order chi connectivity index (χ0) is 26.2. The zero-order valence-corrected chi connectivity index (χ0v) is 20.7. The van der Waals surface area contributed by atoms with E-state index in [9.17, 15) is 19.7 Å². The van der Waals surface area contributed by atoms with Gasteiger partial charge in [-0.2, -0.15) is 0 Å². The maximum absolute atomic E-state index is 13.7. The molecule has 0 saturated carbocycles. The van der Waals surface area contributed by atoms with E-state index in [1.54, 1.807) is 30.5 Å². The summed E-state index contributed by atoms with van der Waals surface area (Å²) in [5.41, 5.74) is 3.07. The second-order valence-corrected chi connectivity index (χ2v) is 10.2. The molecular weight excluding hydrogens is 472 g/mol. The third-order valence-corrected chi connectivity index (χ3v) is 6.75. The number of ketones is 1. The highest BCUT2D eigenvalue weighted by Crippen LogP contribution is 2.48. The van der Waals surface area contributed by atoms with Crippen LogP contribution in [0.15, 0.2) is 82.6 Å². The van der Waals surface area contributed by atoms with E-state index in [0.29, 0.717) is 29.7 Å². The van der Waals surface area contributed by atoms with E-state index in [2.05, 4.69) is 24.5 Å². The van der Waals surface area contributed by atoms with Gasteiger partial charge in [0.2, 0.25) is 5.91 Å². The molecule has 1 atom stereocenters. The number of fused-ring (bicyclic) bond motifs is 1. The van der Waals surface area contributed by atoms with Gasteiger partial charge in [-0.25, -0.2) is 0 Å². The lowest BCUT2D eigenvalue weighted by Crippen LogP contribution is -2.41. The molecule has 1 aliphatic heterocycles. The molecule has 9 nitrogen and oxygen atoms in total. The number of para-hydroxylation sites is 2. The van der Waals surface area contributed by atoms with E-state index in [0.717, 1.165) is 17.1 Å². The van der Waals surface area contributed by atoms with Gasteiger partial charge in [0.25, 0.3) is 5.69 Å². The van der Waals surface area contributed by atoms with Gasteiger partial charge < -0.3 is 20.0 Å². The van der Waals surface area contributed by atoms with Crippen molar-refractivity contribution in [3.8, 4) is 0 Å². The number of furan rings is 1. The number of nitro benzene ring substituents is 1. The number of carbonyl (C=O) groups excluding carboxylic acids is 2. The number of nitro groups is 1. The van der Waals surface area contributed by atoms with Crippen molar-refractivity contribution in [1.29, 1.82) is 0 Å². The van der Waals surface area contributed by atoms with Crippen LogP contribution in [0.5, 0.6) is 0 Å². The largest absolute Gasteiger partial charge is 0.467 e. The maximum Gasteiger partial charge on any atom is 0.269 e. The van der Waals surface area contributed by atoms with E-state index >= 15 is 0 Å². The van der Waals surface area contributed by atoms with Gasteiger partial charge in [-0.05, 0) is 41.7 Å². The molecule has 0 radical (unpaired) electrons. The fraction of sp³-hybridized carbons (Fsp3) is 0.286. The second kappa shape index (κ2) is 9.57. The second-order valence-electron chi connectivity index (χ2n) is 10.2. The van der Waals surface area contributed by atoms with Crippen molar-refractivity contribution in [1.82, 2.24) is 5.32 Å². The van der Waals surface area contributed by atoms with Crippen LogP contribution in [0.25, 0.3) is 0 Å². The molecule has 9 heteroatoms. The summed E-state index contributed by atoms with van der Waals surface area (Å²) >= 11 is 0. The summed E-state index contributed by atoms with van der Waals surface area (Å²) in [6, 6.07) is 16.7. The monoisotopic (exact) mass is 500 g/mol. The Balaban J connectivity index is 1.63. The zero-order valence-electron chi connectivity index (χ0n) is 20.7. The van der Waals surface area contributed by atoms with Gasteiger partial charge in [-0.3, -0.25) is 19.7 Å². The van der Waals surface area contributed by atoms with Crippen LogP contribution < -0.4 is 15.5 Å². The number of Topliss-reactive ketones (excluding diaryl/α,β-unsaturated/α-hetero) is 1. The van der Waals surface area contributed by atoms with Crippen LogP contribution in [0, 0.1) is 15.5 Å². The molecule has 2 N–H and O–H groups in total. The first-order valence-electron chi connectivity index (χ1n) is 12.1. The SMILES string of the molecule is CC1(C)CC(=O)C2=C(C1)Nc1ccccc1N(CC(=O)NCc1ccco1)C2c1cccc([N+](=O)[O-])c1. The number of anilines is 2. The number of benzene rings is 2. The van der Waals surface area contributed by atoms with Crippen LogP contribution in [0.2, 0.25) is 0 Å². The quantitative estimate of drug-likeness (QED) is 0.356. The summed E-state index contributed by atoms with van der Waals surface area (Å²) in [4.78, 5) is 39.9. The highest BCUT2D eigenvalue weighted by Gasteiger charge is 2.42. The Labute approximate surface area is 214 Å². The van der Waals surface area contributed by atoms with Gasteiger partial charge in [0, 0.05) is 29.8 Å². The third-order valence-electron chi connectivity index (χ3n) is 6.75. The molecule has 3 aromatic rings. The molecule has 0 spiro atoms. The summed E-state index contributed by atoms with van der Waals surface area (Å²) in [5.74, 6) is 0.314.